The van der Waals surface area contributed by atoms with Crippen molar-refractivity contribution in [1.82, 2.24) is 9.80 Å². The highest BCUT2D eigenvalue weighted by Crippen LogP contribution is 2.24. The SMILES string of the molecule is C=CCN1CCCC(N2CC(CO)CC2=O)C1. The second-order valence-corrected chi connectivity index (χ2v) is 5.14. The van der Waals surface area contributed by atoms with E-state index in [4.69, 9.17) is 5.11 Å². The van der Waals surface area contributed by atoms with Crippen LogP contribution >= 0.6 is 0 Å². The van der Waals surface area contributed by atoms with E-state index in [1.165, 1.54) is 0 Å². The molecule has 4 heteroatoms. The zero-order chi connectivity index (χ0) is 12.3. The summed E-state index contributed by atoms with van der Waals surface area (Å²) < 4.78 is 0. The van der Waals surface area contributed by atoms with Gasteiger partial charge in [-0.05, 0) is 19.4 Å². The van der Waals surface area contributed by atoms with Gasteiger partial charge in [0.1, 0.15) is 0 Å². The molecule has 1 N–H and O–H groups in total. The number of amides is 1. The summed E-state index contributed by atoms with van der Waals surface area (Å²) in [4.78, 5) is 16.2. The van der Waals surface area contributed by atoms with E-state index in [-0.39, 0.29) is 18.4 Å². The average molecular weight is 238 g/mol. The van der Waals surface area contributed by atoms with Crippen molar-refractivity contribution in [3.05, 3.63) is 12.7 Å². The maximum atomic E-state index is 11.9. The number of likely N-dealkylation sites (tertiary alicyclic amines) is 2. The molecule has 2 unspecified atom stereocenters. The summed E-state index contributed by atoms with van der Waals surface area (Å²) in [7, 11) is 0. The molecule has 0 aromatic rings. The summed E-state index contributed by atoms with van der Waals surface area (Å²) in [5.74, 6) is 0.367. The molecule has 0 radical (unpaired) electrons. The number of aliphatic hydroxyl groups excluding tert-OH is 1. The highest BCUT2D eigenvalue weighted by atomic mass is 16.3. The lowest BCUT2D eigenvalue weighted by Crippen LogP contribution is -2.48. The van der Waals surface area contributed by atoms with Gasteiger partial charge in [-0.3, -0.25) is 9.69 Å². The van der Waals surface area contributed by atoms with Crippen molar-refractivity contribution >= 4 is 5.91 Å². The lowest BCUT2D eigenvalue weighted by molar-refractivity contribution is -0.130. The van der Waals surface area contributed by atoms with Crippen molar-refractivity contribution in [3.63, 3.8) is 0 Å². The molecule has 2 fully saturated rings. The van der Waals surface area contributed by atoms with Crippen LogP contribution in [0.15, 0.2) is 12.7 Å². The Morgan fingerprint density at radius 1 is 1.47 bits per heavy atom. The first kappa shape index (κ1) is 12.6. The van der Waals surface area contributed by atoms with Crippen molar-refractivity contribution in [3.8, 4) is 0 Å². The van der Waals surface area contributed by atoms with Gasteiger partial charge in [0.25, 0.3) is 0 Å². The molecule has 2 rings (SSSR count). The second kappa shape index (κ2) is 5.65. The molecule has 0 spiro atoms. The first-order chi connectivity index (χ1) is 8.24. The third-order valence-electron chi connectivity index (χ3n) is 3.81. The maximum Gasteiger partial charge on any atom is 0.223 e. The molecule has 2 aliphatic rings. The van der Waals surface area contributed by atoms with Gasteiger partial charge in [-0.15, -0.1) is 6.58 Å². The number of aliphatic hydroxyl groups is 1. The van der Waals surface area contributed by atoms with E-state index in [9.17, 15) is 4.79 Å². The minimum absolute atomic E-state index is 0.130. The van der Waals surface area contributed by atoms with E-state index in [0.717, 1.165) is 39.0 Å². The third-order valence-corrected chi connectivity index (χ3v) is 3.81. The van der Waals surface area contributed by atoms with Gasteiger partial charge in [-0.1, -0.05) is 6.08 Å². The lowest BCUT2D eigenvalue weighted by Gasteiger charge is -2.37. The second-order valence-electron chi connectivity index (χ2n) is 5.14. The molecule has 96 valence electrons. The van der Waals surface area contributed by atoms with Crippen molar-refractivity contribution in [2.75, 3.05) is 32.8 Å². The van der Waals surface area contributed by atoms with Gasteiger partial charge >= 0.3 is 0 Å². The fourth-order valence-electron chi connectivity index (χ4n) is 2.92. The Morgan fingerprint density at radius 3 is 2.94 bits per heavy atom. The van der Waals surface area contributed by atoms with Crippen LogP contribution in [-0.2, 0) is 4.79 Å². The Bertz CT molecular complexity index is 293. The van der Waals surface area contributed by atoms with Gasteiger partial charge in [-0.25, -0.2) is 0 Å². The maximum absolute atomic E-state index is 11.9. The predicted octanol–water partition coefficient (Wildman–Crippen LogP) is 0.478. The Balaban J connectivity index is 1.93. The molecule has 4 nitrogen and oxygen atoms in total. The molecule has 0 saturated carbocycles. The van der Waals surface area contributed by atoms with Gasteiger partial charge in [-0.2, -0.15) is 0 Å². The quantitative estimate of drug-likeness (QED) is 0.724. The Hall–Kier alpha value is -0.870. The fourth-order valence-corrected chi connectivity index (χ4v) is 2.92. The molecule has 0 bridgehead atoms. The number of nitrogens with zero attached hydrogens (tertiary/aromatic N) is 2. The zero-order valence-electron chi connectivity index (χ0n) is 10.3. The van der Waals surface area contributed by atoms with Crippen molar-refractivity contribution in [2.45, 2.75) is 25.3 Å². The summed E-state index contributed by atoms with van der Waals surface area (Å²) in [5.41, 5.74) is 0. The smallest absolute Gasteiger partial charge is 0.223 e. The van der Waals surface area contributed by atoms with E-state index in [1.807, 2.05) is 11.0 Å². The van der Waals surface area contributed by atoms with E-state index < -0.39 is 0 Å². The summed E-state index contributed by atoms with van der Waals surface area (Å²) in [6, 6.07) is 0.341. The molecule has 0 aromatic carbocycles. The van der Waals surface area contributed by atoms with Crippen molar-refractivity contribution in [2.24, 2.45) is 5.92 Å². The van der Waals surface area contributed by atoms with Crippen LogP contribution in [-0.4, -0.2) is 59.6 Å². The third kappa shape index (κ3) is 2.87. The summed E-state index contributed by atoms with van der Waals surface area (Å²) in [5, 5.41) is 9.13. The zero-order valence-corrected chi connectivity index (χ0v) is 10.3. The number of rotatable bonds is 4. The summed E-state index contributed by atoms with van der Waals surface area (Å²) in [6.07, 6.45) is 4.68. The minimum atomic E-state index is 0.130. The van der Waals surface area contributed by atoms with E-state index in [0.29, 0.717) is 12.5 Å². The van der Waals surface area contributed by atoms with Crippen molar-refractivity contribution < 1.29 is 9.90 Å². The summed E-state index contributed by atoms with van der Waals surface area (Å²) in [6.45, 7) is 7.59. The van der Waals surface area contributed by atoms with Crippen LogP contribution in [0.25, 0.3) is 0 Å². The molecule has 0 aliphatic carbocycles. The molecule has 2 saturated heterocycles. The first-order valence-electron chi connectivity index (χ1n) is 6.48. The number of carbonyl (C=O) groups is 1. The standard InChI is InChI=1S/C13H22N2O2/c1-2-5-14-6-3-4-12(9-14)15-8-11(10-16)7-13(15)17/h2,11-12,16H,1,3-10H2. The van der Waals surface area contributed by atoms with Crippen LogP contribution in [0, 0.1) is 5.92 Å². The highest BCUT2D eigenvalue weighted by molar-refractivity contribution is 5.79. The van der Waals surface area contributed by atoms with Crippen LogP contribution in [0.4, 0.5) is 0 Å². The van der Waals surface area contributed by atoms with Crippen LogP contribution in [0.2, 0.25) is 0 Å². The van der Waals surface area contributed by atoms with Crippen LogP contribution < -0.4 is 0 Å². The molecule has 2 aliphatic heterocycles. The largest absolute Gasteiger partial charge is 0.396 e. The summed E-state index contributed by atoms with van der Waals surface area (Å²) >= 11 is 0. The van der Waals surface area contributed by atoms with E-state index >= 15 is 0 Å². The van der Waals surface area contributed by atoms with Gasteiger partial charge in [0.15, 0.2) is 0 Å². The average Bonchev–Trinajstić information content (AvgIpc) is 2.71. The number of carbonyl (C=O) groups excluding carboxylic acids is 1. The molecule has 2 atom stereocenters. The molecule has 17 heavy (non-hydrogen) atoms. The lowest BCUT2D eigenvalue weighted by atomic mass is 10.0. The molecule has 1 amide bonds. The van der Waals surface area contributed by atoms with Crippen LogP contribution in [0.1, 0.15) is 19.3 Å². The fraction of sp³-hybridized carbons (Fsp3) is 0.769. The normalized spacial score (nSPS) is 30.9. The Labute approximate surface area is 103 Å². The van der Waals surface area contributed by atoms with Gasteiger partial charge in [0.05, 0.1) is 0 Å². The predicted molar refractivity (Wildman–Crippen MR) is 66.6 cm³/mol. The first-order valence-corrected chi connectivity index (χ1v) is 6.48. The highest BCUT2D eigenvalue weighted by Gasteiger charge is 2.35. The number of piperidine rings is 1. The Morgan fingerprint density at radius 2 is 2.29 bits per heavy atom. The van der Waals surface area contributed by atoms with Crippen LogP contribution in [0.5, 0.6) is 0 Å². The Kier molecular flexibility index (Phi) is 4.18. The van der Waals surface area contributed by atoms with Gasteiger partial charge in [0, 0.05) is 44.6 Å². The van der Waals surface area contributed by atoms with Gasteiger partial charge < -0.3 is 10.0 Å². The molecular formula is C13H22N2O2. The topological polar surface area (TPSA) is 43.8 Å². The van der Waals surface area contributed by atoms with Gasteiger partial charge in [0.2, 0.25) is 5.91 Å². The van der Waals surface area contributed by atoms with E-state index in [1.54, 1.807) is 0 Å². The molecular weight excluding hydrogens is 216 g/mol. The van der Waals surface area contributed by atoms with Crippen molar-refractivity contribution in [1.29, 1.82) is 0 Å². The number of hydrogen-bond acceptors (Lipinski definition) is 3. The van der Waals surface area contributed by atoms with Crippen LogP contribution in [0.3, 0.4) is 0 Å². The molecule has 0 aromatic heterocycles. The monoisotopic (exact) mass is 238 g/mol. The molecule has 2 heterocycles. The minimum Gasteiger partial charge on any atom is -0.396 e. The number of hydrogen-bond donors (Lipinski definition) is 1. The van der Waals surface area contributed by atoms with E-state index in [2.05, 4.69) is 11.5 Å².